The average molecular weight is 406 g/mol. The molecular formula is C17H21F3N2O2S2. The smallest absolute Gasteiger partial charge is 0.371 e. The number of aromatic nitrogens is 2. The van der Waals surface area contributed by atoms with E-state index in [9.17, 15) is 18.0 Å². The fourth-order valence-electron chi connectivity index (χ4n) is 3.17. The number of halogens is 3. The third kappa shape index (κ3) is 4.26. The first kappa shape index (κ1) is 19.7. The molecule has 0 amide bonds. The van der Waals surface area contributed by atoms with Crippen LogP contribution in [0.3, 0.4) is 0 Å². The number of hydrogen-bond donors (Lipinski definition) is 0. The first-order chi connectivity index (χ1) is 12.3. The van der Waals surface area contributed by atoms with E-state index in [2.05, 4.69) is 16.6 Å². The lowest BCUT2D eigenvalue weighted by molar-refractivity contribution is -0.172. The van der Waals surface area contributed by atoms with Gasteiger partial charge in [-0.2, -0.15) is 13.2 Å². The number of aryl methyl sites for hydroxylation is 1. The highest BCUT2D eigenvalue weighted by atomic mass is 32.2. The highest BCUT2D eigenvalue weighted by Crippen LogP contribution is 2.36. The molecule has 0 saturated heterocycles. The summed E-state index contributed by atoms with van der Waals surface area (Å²) in [5.41, 5.74) is 1.11. The van der Waals surface area contributed by atoms with Crippen molar-refractivity contribution in [3.05, 3.63) is 20.8 Å². The molecule has 3 rings (SSSR count). The Bertz CT molecular complexity index is 845. The van der Waals surface area contributed by atoms with Gasteiger partial charge in [-0.1, -0.05) is 18.7 Å². The predicted octanol–water partition coefficient (Wildman–Crippen LogP) is 4.27. The summed E-state index contributed by atoms with van der Waals surface area (Å²) in [6.45, 7) is 3.28. The quantitative estimate of drug-likeness (QED) is 0.408. The SMILES string of the molecule is CCn1c(SCCOCC(F)(F)F)nc2sc3c(c2c1=O)CCC(C)C3. The van der Waals surface area contributed by atoms with E-state index in [1.165, 1.54) is 16.6 Å². The first-order valence-corrected chi connectivity index (χ1v) is 10.4. The summed E-state index contributed by atoms with van der Waals surface area (Å²) >= 11 is 2.84. The normalized spacial score (nSPS) is 17.7. The molecule has 1 unspecified atom stereocenters. The third-order valence-corrected chi connectivity index (χ3v) is 6.51. The van der Waals surface area contributed by atoms with E-state index in [1.54, 1.807) is 15.9 Å². The number of alkyl halides is 3. The molecule has 1 atom stereocenters. The third-order valence-electron chi connectivity index (χ3n) is 4.42. The van der Waals surface area contributed by atoms with E-state index in [1.807, 2.05) is 6.92 Å². The molecule has 0 spiro atoms. The minimum atomic E-state index is -4.32. The first-order valence-electron chi connectivity index (χ1n) is 8.62. The summed E-state index contributed by atoms with van der Waals surface area (Å²) in [5.74, 6) is 0.930. The summed E-state index contributed by atoms with van der Waals surface area (Å²) in [4.78, 5) is 19.6. The van der Waals surface area contributed by atoms with E-state index in [0.717, 1.165) is 35.0 Å². The zero-order valence-corrected chi connectivity index (χ0v) is 16.3. The molecular weight excluding hydrogens is 385 g/mol. The van der Waals surface area contributed by atoms with E-state index < -0.39 is 12.8 Å². The van der Waals surface area contributed by atoms with Crippen LogP contribution in [0.1, 0.15) is 30.7 Å². The molecule has 1 aliphatic rings. The summed E-state index contributed by atoms with van der Waals surface area (Å²) in [7, 11) is 0. The highest BCUT2D eigenvalue weighted by Gasteiger charge is 2.27. The lowest BCUT2D eigenvalue weighted by Gasteiger charge is -2.17. The largest absolute Gasteiger partial charge is 0.411 e. The van der Waals surface area contributed by atoms with Crippen molar-refractivity contribution in [3.63, 3.8) is 0 Å². The molecule has 2 aromatic rings. The van der Waals surface area contributed by atoms with Crippen LogP contribution in [0, 0.1) is 5.92 Å². The van der Waals surface area contributed by atoms with Crippen molar-refractivity contribution >= 4 is 33.3 Å². The lowest BCUT2D eigenvalue weighted by Crippen LogP contribution is -2.23. The van der Waals surface area contributed by atoms with Crippen LogP contribution in [0.4, 0.5) is 13.2 Å². The predicted molar refractivity (Wildman–Crippen MR) is 98.3 cm³/mol. The van der Waals surface area contributed by atoms with E-state index in [4.69, 9.17) is 0 Å². The molecule has 0 radical (unpaired) electrons. The van der Waals surface area contributed by atoms with Gasteiger partial charge in [-0.05, 0) is 37.7 Å². The van der Waals surface area contributed by atoms with Gasteiger partial charge in [0.15, 0.2) is 5.16 Å². The van der Waals surface area contributed by atoms with Gasteiger partial charge in [-0.15, -0.1) is 11.3 Å². The van der Waals surface area contributed by atoms with Crippen LogP contribution in [-0.2, 0) is 24.1 Å². The van der Waals surface area contributed by atoms with E-state index in [0.29, 0.717) is 23.4 Å². The van der Waals surface area contributed by atoms with Gasteiger partial charge in [0.1, 0.15) is 11.4 Å². The Morgan fingerprint density at radius 2 is 2.19 bits per heavy atom. The average Bonchev–Trinajstić information content (AvgIpc) is 2.91. The molecule has 4 nitrogen and oxygen atoms in total. The van der Waals surface area contributed by atoms with Crippen LogP contribution in [0.25, 0.3) is 10.2 Å². The van der Waals surface area contributed by atoms with Crippen LogP contribution in [0.2, 0.25) is 0 Å². The number of rotatable bonds is 6. The van der Waals surface area contributed by atoms with Crippen molar-refractivity contribution < 1.29 is 17.9 Å². The second-order valence-corrected chi connectivity index (χ2v) is 8.64. The second-order valence-electron chi connectivity index (χ2n) is 6.49. The van der Waals surface area contributed by atoms with Crippen LogP contribution in [0.5, 0.6) is 0 Å². The Labute approximate surface area is 157 Å². The maximum absolute atomic E-state index is 13.0. The number of thioether (sulfide) groups is 1. The van der Waals surface area contributed by atoms with Crippen molar-refractivity contribution in [2.45, 2.75) is 51.0 Å². The molecule has 1 aliphatic carbocycles. The second kappa shape index (κ2) is 7.90. The minimum Gasteiger partial charge on any atom is -0.371 e. The fourth-order valence-corrected chi connectivity index (χ4v) is 5.51. The van der Waals surface area contributed by atoms with Crippen LogP contribution < -0.4 is 5.56 Å². The van der Waals surface area contributed by atoms with Crippen LogP contribution in [0.15, 0.2) is 9.95 Å². The Kier molecular flexibility index (Phi) is 5.98. The van der Waals surface area contributed by atoms with Gasteiger partial charge < -0.3 is 4.74 Å². The zero-order chi connectivity index (χ0) is 18.9. The fraction of sp³-hybridized carbons (Fsp3) is 0.647. The molecule has 0 saturated carbocycles. The molecule has 0 aromatic carbocycles. The lowest BCUT2D eigenvalue weighted by atomic mass is 9.89. The molecule has 144 valence electrons. The van der Waals surface area contributed by atoms with Crippen molar-refractivity contribution in [2.24, 2.45) is 5.92 Å². The molecule has 2 aromatic heterocycles. The molecule has 0 bridgehead atoms. The summed E-state index contributed by atoms with van der Waals surface area (Å²) in [6, 6.07) is 0. The zero-order valence-electron chi connectivity index (χ0n) is 14.7. The standard InChI is InChI=1S/C17H21F3N2O2S2/c1-3-22-15(23)13-11-5-4-10(2)8-12(11)26-14(13)21-16(22)25-7-6-24-9-17(18,19)20/h10H,3-9H2,1-2H3. The van der Waals surface area contributed by atoms with Gasteiger partial charge in [0.2, 0.25) is 0 Å². The Morgan fingerprint density at radius 1 is 1.42 bits per heavy atom. The van der Waals surface area contributed by atoms with Crippen molar-refractivity contribution in [3.8, 4) is 0 Å². The molecule has 26 heavy (non-hydrogen) atoms. The van der Waals surface area contributed by atoms with E-state index >= 15 is 0 Å². The van der Waals surface area contributed by atoms with Gasteiger partial charge in [0.05, 0.1) is 12.0 Å². The summed E-state index contributed by atoms with van der Waals surface area (Å²) in [5, 5.41) is 1.28. The Hall–Kier alpha value is -1.06. The van der Waals surface area contributed by atoms with Crippen molar-refractivity contribution in [1.29, 1.82) is 0 Å². The summed E-state index contributed by atoms with van der Waals surface area (Å²) in [6.07, 6.45) is -1.34. The minimum absolute atomic E-state index is 0.0386. The van der Waals surface area contributed by atoms with Gasteiger partial charge in [-0.3, -0.25) is 9.36 Å². The maximum Gasteiger partial charge on any atom is 0.411 e. The molecule has 0 fully saturated rings. The molecule has 2 heterocycles. The Balaban J connectivity index is 1.81. The monoisotopic (exact) mass is 406 g/mol. The molecule has 0 N–H and O–H groups in total. The molecule has 0 aliphatic heterocycles. The number of fused-ring (bicyclic) bond motifs is 3. The maximum atomic E-state index is 13.0. The highest BCUT2D eigenvalue weighted by molar-refractivity contribution is 7.99. The van der Waals surface area contributed by atoms with Crippen LogP contribution >= 0.6 is 23.1 Å². The van der Waals surface area contributed by atoms with Gasteiger partial charge in [-0.25, -0.2) is 4.98 Å². The van der Waals surface area contributed by atoms with Gasteiger partial charge in [0.25, 0.3) is 5.56 Å². The number of ether oxygens (including phenoxy) is 1. The van der Waals surface area contributed by atoms with Crippen LogP contribution in [-0.4, -0.2) is 34.7 Å². The van der Waals surface area contributed by atoms with Gasteiger partial charge >= 0.3 is 6.18 Å². The number of thiophene rings is 1. The number of nitrogens with zero attached hydrogens (tertiary/aromatic N) is 2. The number of hydrogen-bond acceptors (Lipinski definition) is 5. The Morgan fingerprint density at radius 3 is 2.88 bits per heavy atom. The topological polar surface area (TPSA) is 44.1 Å². The molecule has 9 heteroatoms. The summed E-state index contributed by atoms with van der Waals surface area (Å²) < 4.78 is 42.6. The van der Waals surface area contributed by atoms with Gasteiger partial charge in [0, 0.05) is 17.2 Å². The van der Waals surface area contributed by atoms with E-state index in [-0.39, 0.29) is 12.2 Å². The van der Waals surface area contributed by atoms with Crippen molar-refractivity contribution in [1.82, 2.24) is 9.55 Å². The van der Waals surface area contributed by atoms with Crippen molar-refractivity contribution in [2.75, 3.05) is 19.0 Å².